The maximum atomic E-state index is 13.2. The molecule has 1 amide bonds. The second-order valence-electron chi connectivity index (χ2n) is 7.30. The van der Waals surface area contributed by atoms with Crippen LogP contribution in [0.5, 0.6) is 5.75 Å². The van der Waals surface area contributed by atoms with Crippen LogP contribution in [0, 0.1) is 6.92 Å². The highest BCUT2D eigenvalue weighted by atomic mass is 32.2. The number of amides is 1. The fraction of sp³-hybridized carbons (Fsp3) is 0.208. The van der Waals surface area contributed by atoms with Crippen molar-refractivity contribution in [2.75, 3.05) is 25.5 Å². The number of ether oxygens (including phenoxy) is 1. The molecule has 0 saturated carbocycles. The molecule has 0 unspecified atom stereocenters. The van der Waals surface area contributed by atoms with Gasteiger partial charge in [0.25, 0.3) is 15.9 Å². The molecular weight excluding hydrogens is 412 g/mol. The summed E-state index contributed by atoms with van der Waals surface area (Å²) >= 11 is 0. The molecule has 0 aromatic heterocycles. The lowest BCUT2D eigenvalue weighted by molar-refractivity contribution is 0.0784. The van der Waals surface area contributed by atoms with Crippen molar-refractivity contribution >= 4 is 21.6 Å². The lowest BCUT2D eigenvalue weighted by Crippen LogP contribution is -2.29. The van der Waals surface area contributed by atoms with Gasteiger partial charge >= 0.3 is 0 Å². The number of carbonyl (C=O) groups excluding carboxylic acids is 1. The normalized spacial score (nSPS) is 11.1. The molecule has 0 bridgehead atoms. The number of rotatable bonds is 7. The molecule has 0 aliphatic heterocycles. The van der Waals surface area contributed by atoms with Gasteiger partial charge in [0.05, 0.1) is 17.7 Å². The first-order valence-electron chi connectivity index (χ1n) is 9.77. The Morgan fingerprint density at radius 3 is 2.35 bits per heavy atom. The van der Waals surface area contributed by atoms with Gasteiger partial charge in [-0.25, -0.2) is 8.42 Å². The van der Waals surface area contributed by atoms with Crippen LogP contribution in [-0.4, -0.2) is 40.4 Å². The standard InChI is InChI=1S/C24H26N2O4S/c1-18-9-5-6-14-23(18)26(3)31(28,29)22-13-8-11-20(16-22)24(27)25(2)17-19-10-7-12-21(15-19)30-4/h5-16H,17H2,1-4H3. The molecule has 3 aromatic carbocycles. The first kappa shape index (κ1) is 22.4. The van der Waals surface area contributed by atoms with Crippen LogP contribution in [0.1, 0.15) is 21.5 Å². The number of anilines is 1. The van der Waals surface area contributed by atoms with E-state index in [-0.39, 0.29) is 10.8 Å². The summed E-state index contributed by atoms with van der Waals surface area (Å²) < 4.78 is 32.8. The number of methoxy groups -OCH3 is 1. The lowest BCUT2D eigenvalue weighted by atomic mass is 10.1. The predicted molar refractivity (Wildman–Crippen MR) is 122 cm³/mol. The van der Waals surface area contributed by atoms with Crippen molar-refractivity contribution in [2.45, 2.75) is 18.4 Å². The van der Waals surface area contributed by atoms with E-state index in [9.17, 15) is 13.2 Å². The minimum atomic E-state index is -3.82. The lowest BCUT2D eigenvalue weighted by Gasteiger charge is -2.22. The highest BCUT2D eigenvalue weighted by Crippen LogP contribution is 2.26. The van der Waals surface area contributed by atoms with Crippen LogP contribution in [-0.2, 0) is 16.6 Å². The average molecular weight is 439 g/mol. The van der Waals surface area contributed by atoms with Crippen LogP contribution in [0.15, 0.2) is 77.7 Å². The molecule has 0 aliphatic rings. The SMILES string of the molecule is COc1cccc(CN(C)C(=O)c2cccc(S(=O)(=O)N(C)c3ccccc3C)c2)c1. The number of aryl methyl sites for hydroxylation is 1. The first-order chi connectivity index (χ1) is 14.7. The third-order valence-electron chi connectivity index (χ3n) is 5.09. The molecule has 0 heterocycles. The maximum absolute atomic E-state index is 13.2. The Labute approximate surface area is 183 Å². The Morgan fingerprint density at radius 1 is 0.935 bits per heavy atom. The summed E-state index contributed by atoms with van der Waals surface area (Å²) in [7, 11) is 0.971. The molecule has 3 aromatic rings. The average Bonchev–Trinajstić information content (AvgIpc) is 2.78. The number of benzene rings is 3. The van der Waals surface area contributed by atoms with E-state index in [1.165, 1.54) is 23.5 Å². The quantitative estimate of drug-likeness (QED) is 0.557. The summed E-state index contributed by atoms with van der Waals surface area (Å²) in [6, 6.07) is 20.9. The topological polar surface area (TPSA) is 66.9 Å². The van der Waals surface area contributed by atoms with E-state index >= 15 is 0 Å². The van der Waals surface area contributed by atoms with E-state index in [1.807, 2.05) is 43.3 Å². The van der Waals surface area contributed by atoms with Crippen molar-refractivity contribution in [1.82, 2.24) is 4.90 Å². The Hall–Kier alpha value is -3.32. The molecular formula is C24H26N2O4S. The van der Waals surface area contributed by atoms with Gasteiger partial charge in [0, 0.05) is 26.2 Å². The zero-order chi connectivity index (χ0) is 22.6. The third kappa shape index (κ3) is 4.88. The molecule has 0 atom stereocenters. The molecule has 7 heteroatoms. The van der Waals surface area contributed by atoms with Crippen molar-refractivity contribution < 1.29 is 17.9 Å². The molecule has 3 rings (SSSR count). The van der Waals surface area contributed by atoms with Gasteiger partial charge in [-0.2, -0.15) is 0 Å². The smallest absolute Gasteiger partial charge is 0.264 e. The van der Waals surface area contributed by atoms with E-state index in [0.29, 0.717) is 23.5 Å². The van der Waals surface area contributed by atoms with Gasteiger partial charge in [0.2, 0.25) is 0 Å². The Morgan fingerprint density at radius 2 is 1.65 bits per heavy atom. The van der Waals surface area contributed by atoms with E-state index in [0.717, 1.165) is 11.1 Å². The van der Waals surface area contributed by atoms with Crippen LogP contribution in [0.3, 0.4) is 0 Å². The van der Waals surface area contributed by atoms with Gasteiger partial charge in [-0.1, -0.05) is 36.4 Å². The summed E-state index contributed by atoms with van der Waals surface area (Å²) in [6.45, 7) is 2.23. The van der Waals surface area contributed by atoms with Crippen molar-refractivity contribution in [3.63, 3.8) is 0 Å². The number of sulfonamides is 1. The largest absolute Gasteiger partial charge is 0.497 e. The molecule has 0 N–H and O–H groups in total. The maximum Gasteiger partial charge on any atom is 0.264 e. The monoisotopic (exact) mass is 438 g/mol. The van der Waals surface area contributed by atoms with Gasteiger partial charge in [0.15, 0.2) is 0 Å². The third-order valence-corrected chi connectivity index (χ3v) is 6.86. The fourth-order valence-corrected chi connectivity index (χ4v) is 4.64. The van der Waals surface area contributed by atoms with Gasteiger partial charge < -0.3 is 9.64 Å². The molecule has 0 radical (unpaired) electrons. The first-order valence-corrected chi connectivity index (χ1v) is 11.2. The zero-order valence-electron chi connectivity index (χ0n) is 18.1. The van der Waals surface area contributed by atoms with Gasteiger partial charge in [0.1, 0.15) is 5.75 Å². The minimum absolute atomic E-state index is 0.0684. The second kappa shape index (κ2) is 9.22. The summed E-state index contributed by atoms with van der Waals surface area (Å²) in [4.78, 5) is 14.6. The van der Waals surface area contributed by atoms with E-state index in [4.69, 9.17) is 4.74 Å². The van der Waals surface area contributed by atoms with Crippen LogP contribution < -0.4 is 9.04 Å². The molecule has 6 nitrogen and oxygen atoms in total. The van der Waals surface area contributed by atoms with Crippen molar-refractivity contribution in [2.24, 2.45) is 0 Å². The molecule has 0 aliphatic carbocycles. The number of hydrogen-bond acceptors (Lipinski definition) is 4. The Bertz CT molecular complexity index is 1190. The summed E-state index contributed by atoms with van der Waals surface area (Å²) in [5.41, 5.74) is 2.66. The highest BCUT2D eigenvalue weighted by molar-refractivity contribution is 7.92. The number of para-hydroxylation sites is 1. The van der Waals surface area contributed by atoms with E-state index in [1.54, 1.807) is 43.3 Å². The van der Waals surface area contributed by atoms with Crippen LogP contribution in [0.25, 0.3) is 0 Å². The van der Waals surface area contributed by atoms with Crippen LogP contribution in [0.4, 0.5) is 5.69 Å². The summed E-state index contributed by atoms with van der Waals surface area (Å²) in [5.74, 6) is 0.448. The van der Waals surface area contributed by atoms with E-state index < -0.39 is 10.0 Å². The van der Waals surface area contributed by atoms with Crippen LogP contribution in [0.2, 0.25) is 0 Å². The second-order valence-corrected chi connectivity index (χ2v) is 9.27. The van der Waals surface area contributed by atoms with E-state index in [2.05, 4.69) is 0 Å². The zero-order valence-corrected chi connectivity index (χ0v) is 18.9. The molecule has 0 fully saturated rings. The predicted octanol–water partition coefficient (Wildman–Crippen LogP) is 4.10. The molecule has 0 spiro atoms. The van der Waals surface area contributed by atoms with Crippen molar-refractivity contribution in [3.8, 4) is 5.75 Å². The number of nitrogens with zero attached hydrogens (tertiary/aromatic N) is 2. The minimum Gasteiger partial charge on any atom is -0.497 e. The van der Waals surface area contributed by atoms with Gasteiger partial charge in [-0.3, -0.25) is 9.10 Å². The fourth-order valence-electron chi connectivity index (χ4n) is 3.33. The van der Waals surface area contributed by atoms with Gasteiger partial charge in [-0.05, 0) is 54.4 Å². The highest BCUT2D eigenvalue weighted by Gasteiger charge is 2.24. The Balaban J connectivity index is 1.84. The van der Waals surface area contributed by atoms with Crippen molar-refractivity contribution in [1.29, 1.82) is 0 Å². The summed E-state index contributed by atoms with van der Waals surface area (Å²) in [5, 5.41) is 0. The van der Waals surface area contributed by atoms with Gasteiger partial charge in [-0.15, -0.1) is 0 Å². The number of hydrogen-bond donors (Lipinski definition) is 0. The van der Waals surface area contributed by atoms with Crippen LogP contribution >= 0.6 is 0 Å². The molecule has 162 valence electrons. The number of carbonyl (C=O) groups is 1. The molecule has 31 heavy (non-hydrogen) atoms. The summed E-state index contributed by atoms with van der Waals surface area (Å²) in [6.07, 6.45) is 0. The van der Waals surface area contributed by atoms with Crippen molar-refractivity contribution in [3.05, 3.63) is 89.5 Å². The Kier molecular flexibility index (Phi) is 6.65. The molecule has 0 saturated heterocycles.